The molecule has 0 radical (unpaired) electrons. The van der Waals surface area contributed by atoms with Crippen LogP contribution in [0.1, 0.15) is 24.1 Å². The Morgan fingerprint density at radius 2 is 1.79 bits per heavy atom. The van der Waals surface area contributed by atoms with Crippen LogP contribution in [0.2, 0.25) is 0 Å². The van der Waals surface area contributed by atoms with Gasteiger partial charge in [0.1, 0.15) is 5.75 Å². The van der Waals surface area contributed by atoms with Crippen LogP contribution >= 0.6 is 22.6 Å². The van der Waals surface area contributed by atoms with Crippen molar-refractivity contribution in [1.82, 2.24) is 0 Å². The number of hydrogen-bond acceptors (Lipinski definition) is 2. The van der Waals surface area contributed by atoms with E-state index in [1.165, 1.54) is 14.7 Å². The maximum Gasteiger partial charge on any atom is 0.118 e. The standard InChI is InChI=1S/C16H18INO/c1-11-4-7-14(10-16(11)17)18-12(2)13-5-8-15(19-3)9-6-13/h4-10,12,18H,1-3H3. The third-order valence-electron chi connectivity index (χ3n) is 3.17. The molecule has 0 spiro atoms. The third kappa shape index (κ3) is 3.62. The van der Waals surface area contributed by atoms with Crippen LogP contribution in [0.25, 0.3) is 0 Å². The summed E-state index contributed by atoms with van der Waals surface area (Å²) in [4.78, 5) is 0. The molecular formula is C16H18INO. The van der Waals surface area contributed by atoms with E-state index in [0.29, 0.717) is 0 Å². The van der Waals surface area contributed by atoms with Crippen molar-refractivity contribution in [2.45, 2.75) is 19.9 Å². The van der Waals surface area contributed by atoms with E-state index < -0.39 is 0 Å². The first kappa shape index (κ1) is 14.2. The van der Waals surface area contributed by atoms with Gasteiger partial charge in [0.2, 0.25) is 0 Å². The molecule has 1 N–H and O–H groups in total. The average Bonchev–Trinajstić information content (AvgIpc) is 2.43. The highest BCUT2D eigenvalue weighted by Crippen LogP contribution is 2.23. The summed E-state index contributed by atoms with van der Waals surface area (Å²) in [6.45, 7) is 4.28. The van der Waals surface area contributed by atoms with Gasteiger partial charge in [-0.2, -0.15) is 0 Å². The van der Waals surface area contributed by atoms with Crippen LogP contribution in [0.3, 0.4) is 0 Å². The number of halogens is 1. The Morgan fingerprint density at radius 3 is 2.37 bits per heavy atom. The molecule has 0 amide bonds. The van der Waals surface area contributed by atoms with Crippen molar-refractivity contribution in [3.63, 3.8) is 0 Å². The highest BCUT2D eigenvalue weighted by atomic mass is 127. The quantitative estimate of drug-likeness (QED) is 0.786. The van der Waals surface area contributed by atoms with E-state index in [4.69, 9.17) is 4.74 Å². The number of aryl methyl sites for hydroxylation is 1. The summed E-state index contributed by atoms with van der Waals surface area (Å²) < 4.78 is 6.46. The van der Waals surface area contributed by atoms with E-state index in [1.807, 2.05) is 12.1 Å². The highest BCUT2D eigenvalue weighted by Gasteiger charge is 2.06. The number of benzene rings is 2. The van der Waals surface area contributed by atoms with Gasteiger partial charge >= 0.3 is 0 Å². The Labute approximate surface area is 128 Å². The molecule has 2 aromatic carbocycles. The summed E-state index contributed by atoms with van der Waals surface area (Å²) >= 11 is 2.36. The van der Waals surface area contributed by atoms with E-state index in [0.717, 1.165) is 11.4 Å². The van der Waals surface area contributed by atoms with Crippen molar-refractivity contribution in [1.29, 1.82) is 0 Å². The van der Waals surface area contributed by atoms with Crippen molar-refractivity contribution >= 4 is 28.3 Å². The summed E-state index contributed by atoms with van der Waals surface area (Å²) in [6, 6.07) is 14.9. The molecule has 0 fully saturated rings. The van der Waals surface area contributed by atoms with E-state index in [2.05, 4.69) is 72.1 Å². The molecular weight excluding hydrogens is 349 g/mol. The Balaban J connectivity index is 2.10. The number of anilines is 1. The molecule has 0 aliphatic rings. The van der Waals surface area contributed by atoms with Gasteiger partial charge < -0.3 is 10.1 Å². The molecule has 1 unspecified atom stereocenters. The number of methoxy groups -OCH3 is 1. The predicted octanol–water partition coefficient (Wildman–Crippen LogP) is 4.78. The Morgan fingerprint density at radius 1 is 1.11 bits per heavy atom. The smallest absolute Gasteiger partial charge is 0.118 e. The van der Waals surface area contributed by atoms with Crippen LogP contribution in [-0.4, -0.2) is 7.11 Å². The van der Waals surface area contributed by atoms with Gasteiger partial charge in [0, 0.05) is 15.3 Å². The fourth-order valence-electron chi connectivity index (χ4n) is 1.91. The molecule has 2 nitrogen and oxygen atoms in total. The third-order valence-corrected chi connectivity index (χ3v) is 4.33. The zero-order chi connectivity index (χ0) is 13.8. The lowest BCUT2D eigenvalue weighted by atomic mass is 10.1. The Bertz CT molecular complexity index is 551. The lowest BCUT2D eigenvalue weighted by Crippen LogP contribution is -2.06. The van der Waals surface area contributed by atoms with Gasteiger partial charge in [-0.3, -0.25) is 0 Å². The van der Waals surface area contributed by atoms with Crippen molar-refractivity contribution in [2.24, 2.45) is 0 Å². The first-order valence-electron chi connectivity index (χ1n) is 6.27. The molecule has 0 heterocycles. The molecule has 0 aromatic heterocycles. The molecule has 0 bridgehead atoms. The molecule has 1 atom stereocenters. The van der Waals surface area contributed by atoms with Crippen LogP contribution in [0, 0.1) is 10.5 Å². The zero-order valence-corrected chi connectivity index (χ0v) is 13.6. The predicted molar refractivity (Wildman–Crippen MR) is 88.9 cm³/mol. The fraction of sp³-hybridized carbons (Fsp3) is 0.250. The highest BCUT2D eigenvalue weighted by molar-refractivity contribution is 14.1. The minimum atomic E-state index is 0.268. The fourth-order valence-corrected chi connectivity index (χ4v) is 2.42. The molecule has 0 aliphatic carbocycles. The molecule has 19 heavy (non-hydrogen) atoms. The van der Waals surface area contributed by atoms with Gasteiger partial charge in [0.05, 0.1) is 7.11 Å². The SMILES string of the molecule is COc1ccc(C(C)Nc2ccc(C)c(I)c2)cc1. The summed E-state index contributed by atoms with van der Waals surface area (Å²) in [5.41, 5.74) is 3.71. The number of ether oxygens (including phenoxy) is 1. The van der Waals surface area contributed by atoms with Gasteiger partial charge in [-0.05, 0) is 71.8 Å². The topological polar surface area (TPSA) is 21.3 Å². The molecule has 100 valence electrons. The van der Waals surface area contributed by atoms with E-state index in [-0.39, 0.29) is 6.04 Å². The Kier molecular flexibility index (Phi) is 4.69. The van der Waals surface area contributed by atoms with E-state index in [9.17, 15) is 0 Å². The van der Waals surface area contributed by atoms with Gasteiger partial charge in [0.15, 0.2) is 0 Å². The van der Waals surface area contributed by atoms with Crippen LogP contribution in [0.5, 0.6) is 5.75 Å². The summed E-state index contributed by atoms with van der Waals surface area (Å²) in [7, 11) is 1.69. The van der Waals surface area contributed by atoms with Crippen molar-refractivity contribution in [3.8, 4) is 5.75 Å². The van der Waals surface area contributed by atoms with Crippen molar-refractivity contribution < 1.29 is 4.74 Å². The molecule has 0 saturated carbocycles. The number of nitrogens with one attached hydrogen (secondary N) is 1. The number of hydrogen-bond donors (Lipinski definition) is 1. The first-order chi connectivity index (χ1) is 9.10. The lowest BCUT2D eigenvalue weighted by Gasteiger charge is -2.16. The van der Waals surface area contributed by atoms with Crippen LogP contribution in [0.4, 0.5) is 5.69 Å². The van der Waals surface area contributed by atoms with Crippen LogP contribution < -0.4 is 10.1 Å². The second-order valence-electron chi connectivity index (χ2n) is 4.60. The van der Waals surface area contributed by atoms with Gasteiger partial charge in [-0.25, -0.2) is 0 Å². The first-order valence-corrected chi connectivity index (χ1v) is 7.34. The molecule has 0 saturated heterocycles. The van der Waals surface area contributed by atoms with Gasteiger partial charge in [0.25, 0.3) is 0 Å². The minimum absolute atomic E-state index is 0.268. The normalized spacial score (nSPS) is 12.0. The molecule has 3 heteroatoms. The van der Waals surface area contributed by atoms with E-state index in [1.54, 1.807) is 7.11 Å². The van der Waals surface area contributed by atoms with Crippen LogP contribution in [0.15, 0.2) is 42.5 Å². The van der Waals surface area contributed by atoms with Crippen molar-refractivity contribution in [2.75, 3.05) is 12.4 Å². The monoisotopic (exact) mass is 367 g/mol. The average molecular weight is 367 g/mol. The summed E-state index contributed by atoms with van der Waals surface area (Å²) in [5.74, 6) is 0.890. The largest absolute Gasteiger partial charge is 0.497 e. The second kappa shape index (κ2) is 6.28. The van der Waals surface area contributed by atoms with Crippen LogP contribution in [-0.2, 0) is 0 Å². The van der Waals surface area contributed by atoms with E-state index >= 15 is 0 Å². The van der Waals surface area contributed by atoms with Gasteiger partial charge in [-0.15, -0.1) is 0 Å². The Hall–Kier alpha value is -1.23. The lowest BCUT2D eigenvalue weighted by molar-refractivity contribution is 0.414. The maximum absolute atomic E-state index is 5.17. The molecule has 2 rings (SSSR count). The van der Waals surface area contributed by atoms with Crippen molar-refractivity contribution in [3.05, 3.63) is 57.2 Å². The minimum Gasteiger partial charge on any atom is -0.497 e. The second-order valence-corrected chi connectivity index (χ2v) is 5.77. The molecule has 0 aliphatic heterocycles. The number of rotatable bonds is 4. The molecule has 2 aromatic rings. The maximum atomic E-state index is 5.17. The summed E-state index contributed by atoms with van der Waals surface area (Å²) in [5, 5.41) is 3.52. The van der Waals surface area contributed by atoms with Gasteiger partial charge in [-0.1, -0.05) is 18.2 Å². The zero-order valence-electron chi connectivity index (χ0n) is 11.4. The summed E-state index contributed by atoms with van der Waals surface area (Å²) in [6.07, 6.45) is 0.